The molecule has 1 atom stereocenters. The summed E-state index contributed by atoms with van der Waals surface area (Å²) in [6, 6.07) is -0.115. The Morgan fingerprint density at radius 3 is 1.72 bits per heavy atom. The van der Waals surface area contributed by atoms with Crippen LogP contribution in [0.15, 0.2) is 0 Å². The van der Waals surface area contributed by atoms with Gasteiger partial charge in [-0.3, -0.25) is 4.79 Å². The van der Waals surface area contributed by atoms with Crippen LogP contribution in [-0.2, 0) is 4.79 Å². The number of benzene rings is 1. The third kappa shape index (κ3) is 2.72. The van der Waals surface area contributed by atoms with Gasteiger partial charge in [0.1, 0.15) is 0 Å². The normalized spacial score (nSPS) is 12.6. The molecule has 4 N–H and O–H groups in total. The van der Waals surface area contributed by atoms with Crippen LogP contribution in [0.4, 0.5) is 0 Å². The lowest BCUT2D eigenvalue weighted by atomic mass is 9.85. The van der Waals surface area contributed by atoms with Crippen molar-refractivity contribution < 1.29 is 4.79 Å². The minimum atomic E-state index is -0.290. The topological polar surface area (TPSA) is 69.1 Å². The van der Waals surface area contributed by atoms with E-state index in [4.69, 9.17) is 11.5 Å². The van der Waals surface area contributed by atoms with Crippen molar-refractivity contribution >= 4 is 5.91 Å². The van der Waals surface area contributed by atoms with Gasteiger partial charge in [-0.1, -0.05) is 0 Å². The van der Waals surface area contributed by atoms with Gasteiger partial charge in [-0.2, -0.15) is 0 Å². The number of rotatable bonds is 4. The molecule has 0 spiro atoms. The quantitative estimate of drug-likeness (QED) is 0.859. The maximum absolute atomic E-state index is 10.9. The lowest BCUT2D eigenvalue weighted by Gasteiger charge is -2.23. The van der Waals surface area contributed by atoms with E-state index in [0.717, 1.165) is 0 Å². The molecule has 0 aliphatic rings. The second kappa shape index (κ2) is 5.53. The van der Waals surface area contributed by atoms with E-state index in [1.165, 1.54) is 33.4 Å². The fraction of sp³-hybridized carbons (Fsp3) is 0.533. The van der Waals surface area contributed by atoms with E-state index >= 15 is 0 Å². The largest absolute Gasteiger partial charge is 0.370 e. The number of amides is 1. The van der Waals surface area contributed by atoms with Crippen LogP contribution < -0.4 is 11.5 Å². The predicted molar refractivity (Wildman–Crippen MR) is 75.5 cm³/mol. The molecule has 0 aliphatic heterocycles. The summed E-state index contributed by atoms with van der Waals surface area (Å²) in [6.07, 6.45) is 0.949. The second-order valence-corrected chi connectivity index (χ2v) is 5.15. The molecule has 1 rings (SSSR count). The highest BCUT2D eigenvalue weighted by molar-refractivity contribution is 5.73. The molecule has 0 bridgehead atoms. The lowest BCUT2D eigenvalue weighted by Crippen LogP contribution is -2.19. The second-order valence-electron chi connectivity index (χ2n) is 5.15. The summed E-state index contributed by atoms with van der Waals surface area (Å²) in [4.78, 5) is 10.9. The van der Waals surface area contributed by atoms with Crippen LogP contribution in [0.3, 0.4) is 0 Å². The van der Waals surface area contributed by atoms with Crippen molar-refractivity contribution in [1.82, 2.24) is 0 Å². The summed E-state index contributed by atoms with van der Waals surface area (Å²) in [7, 11) is 0. The van der Waals surface area contributed by atoms with Gasteiger partial charge in [-0.05, 0) is 74.4 Å². The molecule has 3 heteroatoms. The molecule has 1 amide bonds. The van der Waals surface area contributed by atoms with Gasteiger partial charge in [0.15, 0.2) is 0 Å². The van der Waals surface area contributed by atoms with Gasteiger partial charge >= 0.3 is 0 Å². The van der Waals surface area contributed by atoms with Crippen molar-refractivity contribution in [1.29, 1.82) is 0 Å². The summed E-state index contributed by atoms with van der Waals surface area (Å²) in [5.41, 5.74) is 19.0. The first-order chi connectivity index (χ1) is 8.27. The SMILES string of the molecule is Cc1c(C)c(C)c(C(N)CCC(N)=O)c(C)c1C. The average Bonchev–Trinajstić information content (AvgIpc) is 2.31. The van der Waals surface area contributed by atoms with Crippen molar-refractivity contribution in [2.24, 2.45) is 11.5 Å². The highest BCUT2D eigenvalue weighted by Crippen LogP contribution is 2.31. The molecule has 0 radical (unpaired) electrons. The summed E-state index contributed by atoms with van der Waals surface area (Å²) >= 11 is 0. The minimum Gasteiger partial charge on any atom is -0.370 e. The molecule has 0 aliphatic carbocycles. The molecule has 100 valence electrons. The third-order valence-electron chi connectivity index (χ3n) is 4.13. The molecule has 1 aromatic rings. The number of carbonyl (C=O) groups is 1. The van der Waals surface area contributed by atoms with Gasteiger partial charge in [-0.15, -0.1) is 0 Å². The van der Waals surface area contributed by atoms with E-state index in [9.17, 15) is 4.79 Å². The fourth-order valence-corrected chi connectivity index (χ4v) is 2.53. The van der Waals surface area contributed by atoms with Crippen molar-refractivity contribution in [3.63, 3.8) is 0 Å². The molecule has 1 aromatic carbocycles. The van der Waals surface area contributed by atoms with E-state index in [0.29, 0.717) is 12.8 Å². The maximum atomic E-state index is 10.9. The van der Waals surface area contributed by atoms with Crippen molar-refractivity contribution in [3.05, 3.63) is 33.4 Å². The van der Waals surface area contributed by atoms with E-state index in [2.05, 4.69) is 34.6 Å². The van der Waals surface area contributed by atoms with Crippen LogP contribution in [-0.4, -0.2) is 5.91 Å². The van der Waals surface area contributed by atoms with Crippen molar-refractivity contribution in [3.8, 4) is 0 Å². The first kappa shape index (κ1) is 14.7. The monoisotopic (exact) mass is 248 g/mol. The number of primary amides is 1. The molecule has 18 heavy (non-hydrogen) atoms. The summed E-state index contributed by atoms with van der Waals surface area (Å²) < 4.78 is 0. The standard InChI is InChI=1S/C15H24N2O/c1-8-9(2)11(4)15(12(5)10(8)3)13(16)6-7-14(17)18/h13H,6-7,16H2,1-5H3,(H2,17,18). The predicted octanol–water partition coefficient (Wildman–Crippen LogP) is 2.49. The molecule has 0 fully saturated rings. The Morgan fingerprint density at radius 2 is 1.33 bits per heavy atom. The van der Waals surface area contributed by atoms with Gasteiger partial charge in [0, 0.05) is 12.5 Å². The highest BCUT2D eigenvalue weighted by atomic mass is 16.1. The highest BCUT2D eigenvalue weighted by Gasteiger charge is 2.17. The molecule has 0 aromatic heterocycles. The Kier molecular flexibility index (Phi) is 4.52. The molecular weight excluding hydrogens is 224 g/mol. The smallest absolute Gasteiger partial charge is 0.217 e. The molecular formula is C15H24N2O. The summed E-state index contributed by atoms with van der Waals surface area (Å²) in [6.45, 7) is 10.6. The van der Waals surface area contributed by atoms with Crippen LogP contribution in [0.25, 0.3) is 0 Å². The molecule has 0 saturated carbocycles. The van der Waals surface area contributed by atoms with Crippen LogP contribution >= 0.6 is 0 Å². The third-order valence-corrected chi connectivity index (χ3v) is 4.13. The van der Waals surface area contributed by atoms with E-state index < -0.39 is 0 Å². The van der Waals surface area contributed by atoms with E-state index in [-0.39, 0.29) is 11.9 Å². The van der Waals surface area contributed by atoms with Gasteiger partial charge in [0.2, 0.25) is 5.91 Å². The maximum Gasteiger partial charge on any atom is 0.217 e. The number of hydrogen-bond acceptors (Lipinski definition) is 2. The Morgan fingerprint density at radius 1 is 0.944 bits per heavy atom. The van der Waals surface area contributed by atoms with Crippen LogP contribution in [0, 0.1) is 34.6 Å². The van der Waals surface area contributed by atoms with Crippen LogP contribution in [0.1, 0.15) is 52.3 Å². The Bertz CT molecular complexity index is 449. The molecule has 0 heterocycles. The average molecular weight is 248 g/mol. The summed E-state index contributed by atoms with van der Waals surface area (Å²) in [5.74, 6) is -0.290. The van der Waals surface area contributed by atoms with Gasteiger partial charge in [0.25, 0.3) is 0 Å². The fourth-order valence-electron chi connectivity index (χ4n) is 2.53. The number of hydrogen-bond donors (Lipinski definition) is 2. The van der Waals surface area contributed by atoms with Gasteiger partial charge < -0.3 is 11.5 Å². The Hall–Kier alpha value is -1.35. The first-order valence-corrected chi connectivity index (χ1v) is 6.38. The number of nitrogens with two attached hydrogens (primary N) is 2. The van der Waals surface area contributed by atoms with E-state index in [1.807, 2.05) is 0 Å². The zero-order chi connectivity index (χ0) is 14.0. The summed E-state index contributed by atoms with van der Waals surface area (Å²) in [5, 5.41) is 0. The molecule has 3 nitrogen and oxygen atoms in total. The van der Waals surface area contributed by atoms with E-state index in [1.54, 1.807) is 0 Å². The minimum absolute atomic E-state index is 0.115. The Labute approximate surface area is 110 Å². The number of carbonyl (C=O) groups excluding carboxylic acids is 1. The molecule has 0 saturated heterocycles. The molecule has 1 unspecified atom stereocenters. The van der Waals surface area contributed by atoms with Crippen molar-refractivity contribution in [2.45, 2.75) is 53.5 Å². The lowest BCUT2D eigenvalue weighted by molar-refractivity contribution is -0.118. The van der Waals surface area contributed by atoms with Crippen molar-refractivity contribution in [2.75, 3.05) is 0 Å². The van der Waals surface area contributed by atoms with Crippen LogP contribution in [0.2, 0.25) is 0 Å². The Balaban J connectivity index is 3.20. The van der Waals surface area contributed by atoms with Gasteiger partial charge in [0.05, 0.1) is 0 Å². The first-order valence-electron chi connectivity index (χ1n) is 6.38. The zero-order valence-corrected chi connectivity index (χ0v) is 12.1. The zero-order valence-electron chi connectivity index (χ0n) is 12.1. The van der Waals surface area contributed by atoms with Crippen LogP contribution in [0.5, 0.6) is 0 Å². The van der Waals surface area contributed by atoms with Gasteiger partial charge in [-0.25, -0.2) is 0 Å².